The Morgan fingerprint density at radius 2 is 1.59 bits per heavy atom. The third-order valence-corrected chi connectivity index (χ3v) is 5.59. The number of carbonyl (C=O) groups is 2. The van der Waals surface area contributed by atoms with Gasteiger partial charge in [0.2, 0.25) is 11.8 Å². The highest BCUT2D eigenvalue weighted by Crippen LogP contribution is 2.23. The van der Waals surface area contributed by atoms with Crippen molar-refractivity contribution in [2.24, 2.45) is 0 Å². The maximum atomic E-state index is 11.5. The van der Waals surface area contributed by atoms with Crippen molar-refractivity contribution in [1.29, 1.82) is 0 Å². The molecule has 0 spiro atoms. The number of nitrogens with zero attached hydrogens (tertiary/aromatic N) is 4. The average Bonchev–Trinajstić information content (AvgIpc) is 2.68. The maximum Gasteiger partial charge on any atom is 0.219 e. The zero-order chi connectivity index (χ0) is 19.4. The van der Waals surface area contributed by atoms with E-state index in [1.807, 2.05) is 9.80 Å². The van der Waals surface area contributed by atoms with E-state index in [-0.39, 0.29) is 11.8 Å². The fourth-order valence-electron chi connectivity index (χ4n) is 3.82. The van der Waals surface area contributed by atoms with Gasteiger partial charge in [-0.25, -0.2) is 4.98 Å². The summed E-state index contributed by atoms with van der Waals surface area (Å²) in [6.45, 7) is 10.2. The molecule has 2 amide bonds. The van der Waals surface area contributed by atoms with Crippen molar-refractivity contribution in [3.05, 3.63) is 17.8 Å². The first-order chi connectivity index (χ1) is 13.0. The van der Waals surface area contributed by atoms with Crippen LogP contribution >= 0.6 is 0 Å². The average molecular weight is 374 g/mol. The van der Waals surface area contributed by atoms with Crippen LogP contribution in [0.5, 0.6) is 0 Å². The number of amides is 2. The van der Waals surface area contributed by atoms with E-state index < -0.39 is 0 Å². The van der Waals surface area contributed by atoms with Gasteiger partial charge in [-0.1, -0.05) is 6.92 Å². The summed E-state index contributed by atoms with van der Waals surface area (Å²) in [4.78, 5) is 33.9. The van der Waals surface area contributed by atoms with Crippen LogP contribution in [0.4, 0.5) is 11.5 Å². The van der Waals surface area contributed by atoms with Crippen LogP contribution in [0, 0.1) is 0 Å². The van der Waals surface area contributed by atoms with Gasteiger partial charge < -0.3 is 20.0 Å². The van der Waals surface area contributed by atoms with Gasteiger partial charge in [-0.2, -0.15) is 0 Å². The van der Waals surface area contributed by atoms with Crippen molar-refractivity contribution in [1.82, 2.24) is 14.8 Å². The molecule has 2 aliphatic heterocycles. The number of nitrogens with one attached hydrogen (secondary N) is 1. The molecule has 27 heavy (non-hydrogen) atoms. The molecule has 2 saturated heterocycles. The summed E-state index contributed by atoms with van der Waals surface area (Å²) >= 11 is 0. The Hall–Kier alpha value is -2.31. The first-order valence-corrected chi connectivity index (χ1v) is 9.99. The van der Waals surface area contributed by atoms with Crippen molar-refractivity contribution in [2.75, 3.05) is 49.5 Å². The molecule has 1 N–H and O–H groups in total. The summed E-state index contributed by atoms with van der Waals surface area (Å²) in [5.74, 6) is 1.29. The van der Waals surface area contributed by atoms with Gasteiger partial charge in [-0.3, -0.25) is 9.59 Å². The minimum atomic E-state index is 0.143. The molecule has 3 rings (SSSR count). The Labute approximate surface area is 161 Å². The van der Waals surface area contributed by atoms with Gasteiger partial charge in [0.1, 0.15) is 5.82 Å². The van der Waals surface area contributed by atoms with E-state index in [0.717, 1.165) is 75.7 Å². The highest BCUT2D eigenvalue weighted by molar-refractivity contribution is 5.74. The first kappa shape index (κ1) is 19.5. The molecule has 0 radical (unpaired) electrons. The summed E-state index contributed by atoms with van der Waals surface area (Å²) in [5, 5.41) is 3.65. The number of aryl methyl sites for hydroxylation is 1. The topological polar surface area (TPSA) is 68.8 Å². The van der Waals surface area contributed by atoms with Crippen molar-refractivity contribution >= 4 is 23.3 Å². The lowest BCUT2D eigenvalue weighted by molar-refractivity contribution is -0.130. The molecular weight excluding hydrogens is 342 g/mol. The fourth-order valence-corrected chi connectivity index (χ4v) is 3.82. The molecule has 0 aliphatic carbocycles. The van der Waals surface area contributed by atoms with E-state index in [4.69, 9.17) is 4.98 Å². The molecule has 148 valence electrons. The fraction of sp³-hybridized carbons (Fsp3) is 0.650. The molecule has 1 aromatic heterocycles. The summed E-state index contributed by atoms with van der Waals surface area (Å²) in [6, 6.07) is 4.64. The molecule has 2 fully saturated rings. The van der Waals surface area contributed by atoms with E-state index in [1.165, 1.54) is 0 Å². The summed E-state index contributed by atoms with van der Waals surface area (Å²) in [6.07, 6.45) is 2.82. The number of likely N-dealkylation sites (tertiary alicyclic amines) is 1. The van der Waals surface area contributed by atoms with E-state index >= 15 is 0 Å². The SMILES string of the molecule is CCc1cc(NC2CCN(C(C)=O)CC2)cc(N2CCN(C(C)=O)CC2)n1. The van der Waals surface area contributed by atoms with E-state index in [9.17, 15) is 9.59 Å². The second-order valence-electron chi connectivity index (χ2n) is 7.48. The maximum absolute atomic E-state index is 11.5. The van der Waals surface area contributed by atoms with Crippen LogP contribution in [-0.4, -0.2) is 71.9 Å². The van der Waals surface area contributed by atoms with Crippen LogP contribution in [0.2, 0.25) is 0 Å². The van der Waals surface area contributed by atoms with Gasteiger partial charge in [0.25, 0.3) is 0 Å². The molecule has 3 heterocycles. The third-order valence-electron chi connectivity index (χ3n) is 5.59. The molecule has 1 aromatic rings. The number of aromatic nitrogens is 1. The molecular formula is C20H31N5O2. The molecule has 0 saturated carbocycles. The van der Waals surface area contributed by atoms with Crippen molar-refractivity contribution in [3.8, 4) is 0 Å². The first-order valence-electron chi connectivity index (χ1n) is 9.99. The number of hydrogen-bond acceptors (Lipinski definition) is 5. The standard InChI is InChI=1S/C20H31N5O2/c1-4-17-13-19(21-18-5-7-23(8-6-18)15(2)26)14-20(22-17)25-11-9-24(10-12-25)16(3)27/h13-14,18H,4-12H2,1-3H3,(H,21,22). The lowest BCUT2D eigenvalue weighted by atomic mass is 10.0. The van der Waals surface area contributed by atoms with Gasteiger partial charge in [0, 0.05) is 76.6 Å². The molecule has 0 aromatic carbocycles. The van der Waals surface area contributed by atoms with Crippen LogP contribution in [0.25, 0.3) is 0 Å². The van der Waals surface area contributed by atoms with Gasteiger partial charge in [-0.05, 0) is 25.3 Å². The zero-order valence-corrected chi connectivity index (χ0v) is 16.7. The Balaban J connectivity index is 1.66. The minimum absolute atomic E-state index is 0.143. The Morgan fingerprint density at radius 1 is 1.00 bits per heavy atom. The van der Waals surface area contributed by atoms with Crippen LogP contribution in [0.15, 0.2) is 12.1 Å². The predicted octanol–water partition coefficient (Wildman–Crippen LogP) is 1.74. The van der Waals surface area contributed by atoms with Crippen molar-refractivity contribution < 1.29 is 9.59 Å². The third kappa shape index (κ3) is 4.90. The van der Waals surface area contributed by atoms with Gasteiger partial charge in [-0.15, -0.1) is 0 Å². The van der Waals surface area contributed by atoms with Gasteiger partial charge >= 0.3 is 0 Å². The predicted molar refractivity (Wildman–Crippen MR) is 107 cm³/mol. The van der Waals surface area contributed by atoms with E-state index in [0.29, 0.717) is 6.04 Å². The Bertz CT molecular complexity index is 677. The number of piperidine rings is 1. The van der Waals surface area contributed by atoms with Crippen molar-refractivity contribution in [3.63, 3.8) is 0 Å². The lowest BCUT2D eigenvalue weighted by Crippen LogP contribution is -2.48. The zero-order valence-electron chi connectivity index (χ0n) is 16.7. The van der Waals surface area contributed by atoms with Crippen LogP contribution in [0.1, 0.15) is 39.3 Å². The highest BCUT2D eigenvalue weighted by atomic mass is 16.2. The molecule has 0 bridgehead atoms. The summed E-state index contributed by atoms with van der Waals surface area (Å²) in [7, 11) is 0. The second kappa shape index (κ2) is 8.59. The molecule has 7 heteroatoms. The molecule has 7 nitrogen and oxygen atoms in total. The smallest absolute Gasteiger partial charge is 0.219 e. The quantitative estimate of drug-likeness (QED) is 0.871. The Kier molecular flexibility index (Phi) is 6.19. The number of anilines is 2. The number of carbonyl (C=O) groups excluding carboxylic acids is 2. The van der Waals surface area contributed by atoms with Crippen LogP contribution in [-0.2, 0) is 16.0 Å². The Morgan fingerprint density at radius 3 is 2.15 bits per heavy atom. The summed E-state index contributed by atoms with van der Waals surface area (Å²) in [5.41, 5.74) is 2.18. The number of pyridine rings is 1. The molecule has 0 unspecified atom stereocenters. The monoisotopic (exact) mass is 373 g/mol. The van der Waals surface area contributed by atoms with Gasteiger partial charge in [0.15, 0.2) is 0 Å². The van der Waals surface area contributed by atoms with E-state index in [1.54, 1.807) is 13.8 Å². The second-order valence-corrected chi connectivity index (χ2v) is 7.48. The number of rotatable bonds is 4. The largest absolute Gasteiger partial charge is 0.382 e. The van der Waals surface area contributed by atoms with E-state index in [2.05, 4.69) is 29.3 Å². The molecule has 2 aliphatic rings. The van der Waals surface area contributed by atoms with Crippen LogP contribution in [0.3, 0.4) is 0 Å². The van der Waals surface area contributed by atoms with Gasteiger partial charge in [0.05, 0.1) is 0 Å². The highest BCUT2D eigenvalue weighted by Gasteiger charge is 2.22. The minimum Gasteiger partial charge on any atom is -0.382 e. The number of hydrogen-bond donors (Lipinski definition) is 1. The number of piperazine rings is 1. The van der Waals surface area contributed by atoms with Crippen LogP contribution < -0.4 is 10.2 Å². The van der Waals surface area contributed by atoms with Crippen molar-refractivity contribution in [2.45, 2.75) is 46.1 Å². The summed E-state index contributed by atoms with van der Waals surface area (Å²) < 4.78 is 0. The molecule has 0 atom stereocenters. The lowest BCUT2D eigenvalue weighted by Gasteiger charge is -2.35. The normalized spacial score (nSPS) is 18.6.